The third-order valence-corrected chi connectivity index (χ3v) is 5.83. The average Bonchev–Trinajstić information content (AvgIpc) is 2.59. The molecule has 2 amide bonds. The molecule has 2 unspecified atom stereocenters. The molecule has 0 spiro atoms. The summed E-state index contributed by atoms with van der Waals surface area (Å²) in [6.45, 7) is 2.10. The zero-order valence-electron chi connectivity index (χ0n) is 15.4. The number of aryl methyl sites for hydroxylation is 1. The van der Waals surface area contributed by atoms with Gasteiger partial charge in [-0.3, -0.25) is 9.59 Å². The number of hydrogen-bond donors (Lipinski definition) is 3. The van der Waals surface area contributed by atoms with E-state index in [2.05, 4.69) is 17.6 Å². The molecule has 144 valence electrons. The average molecular weight is 380 g/mol. The molecule has 1 aromatic carbocycles. The van der Waals surface area contributed by atoms with Crippen molar-refractivity contribution in [3.8, 4) is 0 Å². The van der Waals surface area contributed by atoms with Crippen LogP contribution in [0.5, 0.6) is 0 Å². The van der Waals surface area contributed by atoms with Crippen molar-refractivity contribution in [2.45, 2.75) is 51.5 Å². The summed E-state index contributed by atoms with van der Waals surface area (Å²) in [4.78, 5) is 24.6. The molecule has 1 aromatic rings. The summed E-state index contributed by atoms with van der Waals surface area (Å²) in [7, 11) is 0. The van der Waals surface area contributed by atoms with Gasteiger partial charge in [0.1, 0.15) is 0 Å². The normalized spacial score (nSPS) is 27.2. The van der Waals surface area contributed by atoms with Crippen LogP contribution >= 0.6 is 12.4 Å². The fraction of sp³-hybridized carbons (Fsp3) is 0.600. The summed E-state index contributed by atoms with van der Waals surface area (Å²) in [5.41, 5.74) is 8.23. The highest BCUT2D eigenvalue weighted by Gasteiger charge is 2.40. The Kier molecular flexibility index (Phi) is 7.47. The smallest absolute Gasteiger partial charge is 0.243 e. The van der Waals surface area contributed by atoms with Gasteiger partial charge >= 0.3 is 0 Å². The number of fused-ring (bicyclic) bond motifs is 2. The lowest BCUT2D eigenvalue weighted by Gasteiger charge is -2.43. The van der Waals surface area contributed by atoms with Crippen LogP contribution in [0.1, 0.15) is 44.6 Å². The second-order valence-electron chi connectivity index (χ2n) is 7.52. The Morgan fingerprint density at radius 1 is 1.19 bits per heavy atom. The number of amides is 2. The third kappa shape index (κ3) is 4.98. The number of halogens is 1. The van der Waals surface area contributed by atoms with Crippen LogP contribution in [-0.4, -0.2) is 24.4 Å². The number of hydrogen-bond acceptors (Lipinski definition) is 3. The molecule has 6 heteroatoms. The van der Waals surface area contributed by atoms with Gasteiger partial charge in [0, 0.05) is 17.6 Å². The van der Waals surface area contributed by atoms with Crippen LogP contribution < -0.4 is 16.4 Å². The van der Waals surface area contributed by atoms with Gasteiger partial charge in [-0.05, 0) is 61.6 Å². The zero-order chi connectivity index (χ0) is 17.8. The predicted molar refractivity (Wildman–Crippen MR) is 106 cm³/mol. The Morgan fingerprint density at radius 2 is 1.88 bits per heavy atom. The van der Waals surface area contributed by atoms with Gasteiger partial charge in [0.2, 0.25) is 11.8 Å². The van der Waals surface area contributed by atoms with E-state index in [0.29, 0.717) is 11.8 Å². The fourth-order valence-electron chi connectivity index (χ4n) is 4.39. The Morgan fingerprint density at radius 3 is 2.54 bits per heavy atom. The van der Waals surface area contributed by atoms with Crippen molar-refractivity contribution in [3.63, 3.8) is 0 Å². The van der Waals surface area contributed by atoms with Crippen molar-refractivity contribution in [2.24, 2.45) is 23.5 Å². The standard InChI is InChI=1S/C20H29N3O2.ClH/c1-2-13-5-3-8-17(9-13)23-18(24)12-22-20(25)16-10-14-6-4-7-15(11-16)19(14)21;/h3,5,8-9,14-16,19H,2,4,6-7,10-12,21H2,1H3,(H,22,25)(H,23,24);1H. The molecule has 2 aliphatic carbocycles. The molecular weight excluding hydrogens is 350 g/mol. The lowest BCUT2D eigenvalue weighted by molar-refractivity contribution is -0.129. The monoisotopic (exact) mass is 379 g/mol. The van der Waals surface area contributed by atoms with E-state index in [4.69, 9.17) is 5.73 Å². The molecule has 2 saturated carbocycles. The van der Waals surface area contributed by atoms with Gasteiger partial charge in [-0.15, -0.1) is 12.4 Å². The SMILES string of the molecule is CCc1cccc(NC(=O)CNC(=O)C2CC3CCCC(C2)C3N)c1.Cl. The quantitative estimate of drug-likeness (QED) is 0.735. The summed E-state index contributed by atoms with van der Waals surface area (Å²) >= 11 is 0. The van der Waals surface area contributed by atoms with Crippen LogP contribution in [0.25, 0.3) is 0 Å². The van der Waals surface area contributed by atoms with Crippen LogP contribution in [0.3, 0.4) is 0 Å². The molecule has 0 heterocycles. The van der Waals surface area contributed by atoms with Crippen molar-refractivity contribution < 1.29 is 9.59 Å². The summed E-state index contributed by atoms with van der Waals surface area (Å²) in [6.07, 6.45) is 6.15. The van der Waals surface area contributed by atoms with Crippen molar-refractivity contribution >= 4 is 29.9 Å². The highest BCUT2D eigenvalue weighted by Crippen LogP contribution is 2.41. The molecule has 4 N–H and O–H groups in total. The minimum Gasteiger partial charge on any atom is -0.347 e. The van der Waals surface area contributed by atoms with E-state index in [1.165, 1.54) is 12.0 Å². The molecule has 2 atom stereocenters. The second kappa shape index (κ2) is 9.38. The van der Waals surface area contributed by atoms with E-state index in [0.717, 1.165) is 37.8 Å². The van der Waals surface area contributed by atoms with Crippen molar-refractivity contribution in [3.05, 3.63) is 29.8 Å². The highest BCUT2D eigenvalue weighted by molar-refractivity contribution is 5.94. The summed E-state index contributed by atoms with van der Waals surface area (Å²) in [5, 5.41) is 5.66. The van der Waals surface area contributed by atoms with Gasteiger partial charge in [-0.1, -0.05) is 25.5 Å². The minimum atomic E-state index is -0.186. The first-order chi connectivity index (χ1) is 12.1. The first kappa shape index (κ1) is 20.7. The summed E-state index contributed by atoms with van der Waals surface area (Å²) in [6, 6.07) is 8.04. The number of rotatable bonds is 5. The Bertz CT molecular complexity index is 623. The maximum absolute atomic E-state index is 12.5. The molecule has 2 fully saturated rings. The van der Waals surface area contributed by atoms with E-state index in [1.807, 2.05) is 24.3 Å². The van der Waals surface area contributed by atoms with Gasteiger partial charge in [0.25, 0.3) is 0 Å². The first-order valence-corrected chi connectivity index (χ1v) is 9.49. The number of anilines is 1. The maximum atomic E-state index is 12.5. The number of carbonyl (C=O) groups excluding carboxylic acids is 2. The van der Waals surface area contributed by atoms with Gasteiger partial charge < -0.3 is 16.4 Å². The molecule has 0 aliphatic heterocycles. The molecule has 0 radical (unpaired) electrons. The Balaban J connectivity index is 0.00000243. The van der Waals surface area contributed by atoms with E-state index in [1.54, 1.807) is 0 Å². The van der Waals surface area contributed by atoms with Gasteiger partial charge in [-0.25, -0.2) is 0 Å². The van der Waals surface area contributed by atoms with Crippen LogP contribution in [0, 0.1) is 17.8 Å². The largest absolute Gasteiger partial charge is 0.347 e. The number of carbonyl (C=O) groups is 2. The zero-order valence-corrected chi connectivity index (χ0v) is 16.2. The summed E-state index contributed by atoms with van der Waals surface area (Å²) < 4.78 is 0. The number of benzene rings is 1. The lowest BCUT2D eigenvalue weighted by Crippen LogP contribution is -2.49. The number of nitrogens with two attached hydrogens (primary N) is 1. The van der Waals surface area contributed by atoms with Crippen LogP contribution in [0.4, 0.5) is 5.69 Å². The summed E-state index contributed by atoms with van der Waals surface area (Å²) in [5.74, 6) is 0.754. The van der Waals surface area contributed by atoms with Gasteiger partial charge in [0.05, 0.1) is 6.54 Å². The molecular formula is C20H30ClN3O2. The fourth-order valence-corrected chi connectivity index (χ4v) is 4.39. The molecule has 0 saturated heterocycles. The highest BCUT2D eigenvalue weighted by atomic mass is 35.5. The molecule has 5 nitrogen and oxygen atoms in total. The number of nitrogens with one attached hydrogen (secondary N) is 2. The minimum absolute atomic E-state index is 0. The van der Waals surface area contributed by atoms with Crippen LogP contribution in [0.15, 0.2) is 24.3 Å². The molecule has 26 heavy (non-hydrogen) atoms. The maximum Gasteiger partial charge on any atom is 0.243 e. The van der Waals surface area contributed by atoms with Crippen molar-refractivity contribution in [1.29, 1.82) is 0 Å². The Labute approximate surface area is 161 Å². The van der Waals surface area contributed by atoms with Gasteiger partial charge in [-0.2, -0.15) is 0 Å². The molecule has 2 bridgehead atoms. The van der Waals surface area contributed by atoms with Gasteiger partial charge in [0.15, 0.2) is 0 Å². The van der Waals surface area contributed by atoms with E-state index >= 15 is 0 Å². The van der Waals surface area contributed by atoms with E-state index < -0.39 is 0 Å². The van der Waals surface area contributed by atoms with E-state index in [9.17, 15) is 9.59 Å². The predicted octanol–water partition coefficient (Wildman–Crippen LogP) is 2.88. The topological polar surface area (TPSA) is 84.2 Å². The molecule has 0 aromatic heterocycles. The Hall–Kier alpha value is -1.59. The van der Waals surface area contributed by atoms with Crippen LogP contribution in [0.2, 0.25) is 0 Å². The lowest BCUT2D eigenvalue weighted by atomic mass is 9.65. The third-order valence-electron chi connectivity index (χ3n) is 5.83. The van der Waals surface area contributed by atoms with Crippen LogP contribution in [-0.2, 0) is 16.0 Å². The van der Waals surface area contributed by atoms with Crippen molar-refractivity contribution in [2.75, 3.05) is 11.9 Å². The van der Waals surface area contributed by atoms with E-state index in [-0.39, 0.29) is 42.7 Å². The van der Waals surface area contributed by atoms with Crippen molar-refractivity contribution in [1.82, 2.24) is 5.32 Å². The molecule has 3 rings (SSSR count). The first-order valence-electron chi connectivity index (χ1n) is 9.49. The molecule has 2 aliphatic rings. The second-order valence-corrected chi connectivity index (χ2v) is 7.52.